The van der Waals surface area contributed by atoms with Crippen LogP contribution in [0.5, 0.6) is 0 Å². The van der Waals surface area contributed by atoms with Crippen LogP contribution >= 0.6 is 0 Å². The summed E-state index contributed by atoms with van der Waals surface area (Å²) in [6.07, 6.45) is 2.90. The molecule has 0 N–H and O–H groups in total. The molecule has 0 aliphatic carbocycles. The van der Waals surface area contributed by atoms with Gasteiger partial charge in [-0.15, -0.1) is 0 Å². The van der Waals surface area contributed by atoms with Crippen LogP contribution in [0.2, 0.25) is 0 Å². The normalized spacial score (nSPS) is 22.5. The molecule has 2 aromatic heterocycles. The maximum Gasteiger partial charge on any atom is 0.397 e. The maximum absolute atomic E-state index is 13.7. The van der Waals surface area contributed by atoms with E-state index in [0.29, 0.717) is 30.7 Å². The van der Waals surface area contributed by atoms with Gasteiger partial charge in [0.1, 0.15) is 17.9 Å². The molecule has 154 valence electrons. The lowest BCUT2D eigenvalue weighted by Gasteiger charge is -2.42. The van der Waals surface area contributed by atoms with Gasteiger partial charge in [-0.3, -0.25) is 14.2 Å². The zero-order chi connectivity index (χ0) is 20.6. The molecule has 0 radical (unpaired) electrons. The summed E-state index contributed by atoms with van der Waals surface area (Å²) in [7, 11) is 0. The number of pyridine rings is 1. The van der Waals surface area contributed by atoms with Crippen molar-refractivity contribution in [1.82, 2.24) is 19.2 Å². The number of likely N-dealkylation sites (tertiary alicyclic amines) is 1. The van der Waals surface area contributed by atoms with Crippen molar-refractivity contribution in [1.29, 1.82) is 0 Å². The highest BCUT2D eigenvalue weighted by molar-refractivity contribution is 5.77. The average Bonchev–Trinajstić information content (AvgIpc) is 3.09. The highest BCUT2D eigenvalue weighted by Crippen LogP contribution is 2.31. The van der Waals surface area contributed by atoms with Crippen molar-refractivity contribution in [2.75, 3.05) is 13.1 Å². The molecule has 2 atom stereocenters. The van der Waals surface area contributed by atoms with Crippen LogP contribution < -0.4 is 0 Å². The molecule has 0 spiro atoms. The molecule has 1 unspecified atom stereocenters. The quantitative estimate of drug-likeness (QED) is 0.731. The third-order valence-corrected chi connectivity index (χ3v) is 5.14. The van der Waals surface area contributed by atoms with Crippen LogP contribution in [0.4, 0.5) is 17.6 Å². The number of aliphatic imine (C=N–C) groups is 1. The number of rotatable bonds is 3. The van der Waals surface area contributed by atoms with Gasteiger partial charge in [-0.05, 0) is 31.1 Å². The summed E-state index contributed by atoms with van der Waals surface area (Å²) in [4.78, 5) is 24.0. The summed E-state index contributed by atoms with van der Waals surface area (Å²) in [5.74, 6) is -1.33. The summed E-state index contributed by atoms with van der Waals surface area (Å²) in [6.45, 7) is 0.480. The smallest absolute Gasteiger partial charge is 0.346 e. The van der Waals surface area contributed by atoms with E-state index in [4.69, 9.17) is 0 Å². The molecule has 1 amide bonds. The molecule has 6 nitrogen and oxygen atoms in total. The second-order valence-electron chi connectivity index (χ2n) is 7.15. The van der Waals surface area contributed by atoms with Gasteiger partial charge < -0.3 is 9.80 Å². The Morgan fingerprint density at radius 1 is 1.28 bits per heavy atom. The summed E-state index contributed by atoms with van der Waals surface area (Å²) in [5.41, 5.74) is 1.20. The molecule has 4 rings (SSSR count). The van der Waals surface area contributed by atoms with Gasteiger partial charge in [-0.1, -0.05) is 0 Å². The van der Waals surface area contributed by atoms with Gasteiger partial charge in [0.25, 0.3) is 0 Å². The van der Waals surface area contributed by atoms with E-state index in [2.05, 4.69) is 9.98 Å². The predicted octanol–water partition coefficient (Wildman–Crippen LogP) is 3.32. The van der Waals surface area contributed by atoms with E-state index in [1.165, 1.54) is 17.2 Å². The van der Waals surface area contributed by atoms with E-state index in [-0.39, 0.29) is 12.6 Å². The molecule has 4 heterocycles. The molecule has 10 heteroatoms. The number of allylic oxidation sites excluding steroid dienone is 1. The second-order valence-corrected chi connectivity index (χ2v) is 7.15. The highest BCUT2D eigenvalue weighted by Gasteiger charge is 2.37. The maximum atomic E-state index is 13.7. The highest BCUT2D eigenvalue weighted by atomic mass is 19.4. The first-order chi connectivity index (χ1) is 13.8. The molecule has 1 saturated heterocycles. The molecule has 2 aliphatic heterocycles. The first-order valence-corrected chi connectivity index (χ1v) is 9.26. The number of fused-ring (bicyclic) bond motifs is 1. The van der Waals surface area contributed by atoms with E-state index < -0.39 is 30.5 Å². The standard InChI is InChI=1S/C19H19F4N5O/c20-13-4-5-16-25-10-15(28(16)11-13)18-24-6-2-8-27(18)14-3-1-7-26(12-14)17(29)9-19(21,22)23/h2,4-6,8,10-11,14,18H,1,3,7,9,12H2/t14-,18?/m1/s1. The van der Waals surface area contributed by atoms with Crippen molar-refractivity contribution in [3.8, 4) is 0 Å². The Bertz CT molecular complexity index is 967. The minimum absolute atomic E-state index is 0.177. The van der Waals surface area contributed by atoms with Crippen molar-refractivity contribution in [2.24, 2.45) is 4.99 Å². The Kier molecular flexibility index (Phi) is 5.01. The van der Waals surface area contributed by atoms with Crippen LogP contribution in [0.1, 0.15) is 31.1 Å². The van der Waals surface area contributed by atoms with Gasteiger partial charge in [0.05, 0.1) is 11.9 Å². The Morgan fingerprint density at radius 3 is 2.90 bits per heavy atom. The lowest BCUT2D eigenvalue weighted by Crippen LogP contribution is -2.50. The van der Waals surface area contributed by atoms with E-state index in [1.807, 2.05) is 4.90 Å². The second kappa shape index (κ2) is 7.49. The molecule has 29 heavy (non-hydrogen) atoms. The zero-order valence-electron chi connectivity index (χ0n) is 15.4. The molecular formula is C19H19F4N5O. The molecule has 0 aromatic carbocycles. The van der Waals surface area contributed by atoms with Crippen LogP contribution in [0.25, 0.3) is 5.65 Å². The number of aromatic nitrogens is 2. The number of carbonyl (C=O) groups excluding carboxylic acids is 1. The fourth-order valence-corrected chi connectivity index (χ4v) is 3.85. The van der Waals surface area contributed by atoms with E-state index in [0.717, 1.165) is 0 Å². The van der Waals surface area contributed by atoms with E-state index >= 15 is 0 Å². The van der Waals surface area contributed by atoms with Gasteiger partial charge in [0.15, 0.2) is 6.17 Å². The number of carbonyl (C=O) groups is 1. The summed E-state index contributed by atoms with van der Waals surface area (Å²) >= 11 is 0. The van der Waals surface area contributed by atoms with E-state index in [9.17, 15) is 22.4 Å². The fourth-order valence-electron chi connectivity index (χ4n) is 3.85. The van der Waals surface area contributed by atoms with Crippen molar-refractivity contribution < 1.29 is 22.4 Å². The van der Waals surface area contributed by atoms with Gasteiger partial charge in [0, 0.05) is 37.7 Å². The van der Waals surface area contributed by atoms with E-state index in [1.54, 1.807) is 35.2 Å². The van der Waals surface area contributed by atoms with Crippen LogP contribution in [0, 0.1) is 5.82 Å². The molecule has 2 aliphatic rings. The van der Waals surface area contributed by atoms with Crippen LogP contribution in [-0.2, 0) is 4.79 Å². The summed E-state index contributed by atoms with van der Waals surface area (Å²) in [5, 5.41) is 0. The first kappa shape index (κ1) is 19.4. The monoisotopic (exact) mass is 409 g/mol. The first-order valence-electron chi connectivity index (χ1n) is 9.26. The zero-order valence-corrected chi connectivity index (χ0v) is 15.4. The Labute approximate surface area is 164 Å². The number of hydrogen-bond donors (Lipinski definition) is 0. The number of amides is 1. The third-order valence-electron chi connectivity index (χ3n) is 5.14. The third kappa shape index (κ3) is 4.10. The van der Waals surface area contributed by atoms with Crippen molar-refractivity contribution in [2.45, 2.75) is 37.6 Å². The number of imidazole rings is 1. The van der Waals surface area contributed by atoms with Gasteiger partial charge in [-0.2, -0.15) is 13.2 Å². The van der Waals surface area contributed by atoms with Crippen molar-refractivity contribution in [3.63, 3.8) is 0 Å². The lowest BCUT2D eigenvalue weighted by molar-refractivity contribution is -0.162. The molecule has 1 fully saturated rings. The largest absolute Gasteiger partial charge is 0.397 e. The topological polar surface area (TPSA) is 53.2 Å². The number of halogens is 4. The lowest BCUT2D eigenvalue weighted by atomic mass is 10.0. The number of nitrogens with zero attached hydrogens (tertiary/aromatic N) is 5. The number of hydrogen-bond acceptors (Lipinski definition) is 4. The molecular weight excluding hydrogens is 390 g/mol. The van der Waals surface area contributed by atoms with Crippen LogP contribution in [0.3, 0.4) is 0 Å². The van der Waals surface area contributed by atoms with Gasteiger partial charge in [-0.25, -0.2) is 9.37 Å². The van der Waals surface area contributed by atoms with Gasteiger partial charge in [0.2, 0.25) is 5.91 Å². The Hall–Kier alpha value is -2.91. The molecule has 0 saturated carbocycles. The Morgan fingerprint density at radius 2 is 2.10 bits per heavy atom. The van der Waals surface area contributed by atoms with Crippen molar-refractivity contribution >= 4 is 17.8 Å². The SMILES string of the molecule is O=C(CC(F)(F)F)N1CCC[C@@H](N2C=CC=NC2c2cnc3ccc(F)cn23)C1. The predicted molar refractivity (Wildman–Crippen MR) is 97.6 cm³/mol. The van der Waals surface area contributed by atoms with Crippen molar-refractivity contribution in [3.05, 3.63) is 48.3 Å². The fraction of sp³-hybridized carbons (Fsp3) is 0.421. The Balaban J connectivity index is 1.57. The minimum Gasteiger partial charge on any atom is -0.346 e. The van der Waals surface area contributed by atoms with Crippen LogP contribution in [-0.4, -0.2) is 56.6 Å². The number of piperidine rings is 1. The summed E-state index contributed by atoms with van der Waals surface area (Å²) < 4.78 is 53.2. The molecule has 2 aromatic rings. The minimum atomic E-state index is -4.53. The average molecular weight is 409 g/mol. The summed E-state index contributed by atoms with van der Waals surface area (Å²) in [6, 6.07) is 2.67. The van der Waals surface area contributed by atoms with Gasteiger partial charge >= 0.3 is 6.18 Å². The van der Waals surface area contributed by atoms with Crippen LogP contribution in [0.15, 0.2) is 41.8 Å². The molecule has 0 bridgehead atoms. The number of alkyl halides is 3.